The number of para-hydroxylation sites is 1. The van der Waals surface area contributed by atoms with E-state index in [-0.39, 0.29) is 5.91 Å². The van der Waals surface area contributed by atoms with E-state index in [2.05, 4.69) is 4.98 Å². The first-order valence-electron chi connectivity index (χ1n) is 9.89. The van der Waals surface area contributed by atoms with E-state index >= 15 is 0 Å². The van der Waals surface area contributed by atoms with Gasteiger partial charge in [-0.3, -0.25) is 4.79 Å². The van der Waals surface area contributed by atoms with Gasteiger partial charge in [0.05, 0.1) is 13.7 Å². The van der Waals surface area contributed by atoms with Crippen LogP contribution in [0.5, 0.6) is 11.5 Å². The third kappa shape index (κ3) is 4.55. The monoisotopic (exact) mass is 383 g/mol. The molecule has 0 spiro atoms. The normalized spacial score (nSPS) is 13.9. The summed E-state index contributed by atoms with van der Waals surface area (Å²) < 4.78 is 11.2. The Morgan fingerprint density at radius 2 is 2.00 bits per heavy atom. The second kappa shape index (κ2) is 9.44. The third-order valence-electron chi connectivity index (χ3n) is 5.00. The van der Waals surface area contributed by atoms with Crippen LogP contribution in [0.2, 0.25) is 0 Å². The van der Waals surface area contributed by atoms with Gasteiger partial charge in [0.2, 0.25) is 0 Å². The van der Waals surface area contributed by atoms with Crippen LogP contribution in [0.1, 0.15) is 42.1 Å². The van der Waals surface area contributed by atoms with Crippen LogP contribution in [0.4, 0.5) is 5.82 Å². The standard InChI is InChI=1S/C22H29N3O3/c1-4-28-21-18(9-8-10-19(21)27-3)16-24(2)20-15-17(11-12-23-20)22(26)25-13-6-5-7-14-25/h8-12,15H,4-7,13-14,16H2,1-3H3. The van der Waals surface area contributed by atoms with Crippen molar-refractivity contribution in [3.63, 3.8) is 0 Å². The lowest BCUT2D eigenvalue weighted by molar-refractivity contribution is 0.0724. The topological polar surface area (TPSA) is 54.9 Å². The molecule has 1 aliphatic heterocycles. The highest BCUT2D eigenvalue weighted by Crippen LogP contribution is 2.32. The Morgan fingerprint density at radius 1 is 1.21 bits per heavy atom. The molecule has 0 bridgehead atoms. The third-order valence-corrected chi connectivity index (χ3v) is 5.00. The minimum atomic E-state index is 0.0909. The maximum atomic E-state index is 12.8. The Labute approximate surface area is 167 Å². The van der Waals surface area contributed by atoms with Crippen LogP contribution in [-0.2, 0) is 6.54 Å². The van der Waals surface area contributed by atoms with Gasteiger partial charge in [-0.1, -0.05) is 12.1 Å². The molecule has 1 fully saturated rings. The molecule has 2 heterocycles. The zero-order valence-corrected chi connectivity index (χ0v) is 17.0. The Bertz CT molecular complexity index is 803. The van der Waals surface area contributed by atoms with E-state index in [1.54, 1.807) is 19.4 Å². The van der Waals surface area contributed by atoms with E-state index in [0.29, 0.717) is 18.7 Å². The van der Waals surface area contributed by atoms with Gasteiger partial charge in [-0.2, -0.15) is 0 Å². The van der Waals surface area contributed by atoms with E-state index in [1.807, 2.05) is 48.0 Å². The van der Waals surface area contributed by atoms with Gasteiger partial charge >= 0.3 is 0 Å². The van der Waals surface area contributed by atoms with E-state index in [1.165, 1.54) is 6.42 Å². The summed E-state index contributed by atoms with van der Waals surface area (Å²) in [7, 11) is 3.61. The fourth-order valence-electron chi connectivity index (χ4n) is 3.53. The maximum absolute atomic E-state index is 12.8. The molecule has 0 saturated carbocycles. The van der Waals surface area contributed by atoms with Crippen LogP contribution in [-0.4, -0.2) is 49.6 Å². The number of likely N-dealkylation sites (tertiary alicyclic amines) is 1. The van der Waals surface area contributed by atoms with Crippen LogP contribution in [0.25, 0.3) is 0 Å². The molecule has 28 heavy (non-hydrogen) atoms. The molecule has 1 aromatic carbocycles. The summed E-state index contributed by atoms with van der Waals surface area (Å²) in [5.74, 6) is 2.32. The SMILES string of the molecule is CCOc1c(CN(C)c2cc(C(=O)N3CCCCC3)ccn2)cccc1OC. The van der Waals surface area contributed by atoms with E-state index in [4.69, 9.17) is 9.47 Å². The van der Waals surface area contributed by atoms with Crippen molar-refractivity contribution in [2.45, 2.75) is 32.7 Å². The first kappa shape index (κ1) is 20.0. The highest BCUT2D eigenvalue weighted by atomic mass is 16.5. The van der Waals surface area contributed by atoms with Gasteiger partial charge in [-0.25, -0.2) is 4.98 Å². The molecule has 0 aliphatic carbocycles. The van der Waals surface area contributed by atoms with Gasteiger partial charge in [-0.15, -0.1) is 0 Å². The molecule has 1 aromatic heterocycles. The first-order chi connectivity index (χ1) is 13.6. The summed E-state index contributed by atoms with van der Waals surface area (Å²) in [4.78, 5) is 21.2. The average molecular weight is 383 g/mol. The van der Waals surface area contributed by atoms with Gasteiger partial charge in [0.25, 0.3) is 5.91 Å². The first-order valence-corrected chi connectivity index (χ1v) is 9.89. The Hall–Kier alpha value is -2.76. The van der Waals surface area contributed by atoms with Gasteiger partial charge in [0.15, 0.2) is 11.5 Å². The van der Waals surface area contributed by atoms with E-state index in [0.717, 1.165) is 48.8 Å². The van der Waals surface area contributed by atoms with Crippen molar-refractivity contribution in [1.29, 1.82) is 0 Å². The predicted molar refractivity (Wildman–Crippen MR) is 110 cm³/mol. The highest BCUT2D eigenvalue weighted by molar-refractivity contribution is 5.94. The molecular weight excluding hydrogens is 354 g/mol. The number of pyridine rings is 1. The largest absolute Gasteiger partial charge is 0.493 e. The van der Waals surface area contributed by atoms with E-state index < -0.39 is 0 Å². The zero-order chi connectivity index (χ0) is 19.9. The lowest BCUT2D eigenvalue weighted by atomic mass is 10.1. The Kier molecular flexibility index (Phi) is 6.74. The summed E-state index contributed by atoms with van der Waals surface area (Å²) in [5, 5.41) is 0. The number of rotatable bonds is 7. The Balaban J connectivity index is 1.78. The molecule has 3 rings (SSSR count). The average Bonchev–Trinajstić information content (AvgIpc) is 2.75. The van der Waals surface area contributed by atoms with E-state index in [9.17, 15) is 4.79 Å². The smallest absolute Gasteiger partial charge is 0.254 e. The molecule has 0 radical (unpaired) electrons. The number of carbonyl (C=O) groups excluding carboxylic acids is 1. The minimum absolute atomic E-state index is 0.0909. The van der Waals surface area contributed by atoms with Crippen molar-refractivity contribution in [2.75, 3.05) is 38.8 Å². The zero-order valence-electron chi connectivity index (χ0n) is 17.0. The van der Waals surface area contributed by atoms with Gasteiger partial charge < -0.3 is 19.3 Å². The molecule has 6 heteroatoms. The molecule has 1 saturated heterocycles. The van der Waals surface area contributed by atoms with Crippen molar-refractivity contribution in [2.24, 2.45) is 0 Å². The number of carbonyl (C=O) groups is 1. The molecule has 0 atom stereocenters. The maximum Gasteiger partial charge on any atom is 0.254 e. The second-order valence-corrected chi connectivity index (χ2v) is 6.99. The number of nitrogens with zero attached hydrogens (tertiary/aromatic N) is 3. The summed E-state index contributed by atoms with van der Waals surface area (Å²) in [6.45, 7) is 4.80. The number of ether oxygens (including phenoxy) is 2. The number of piperidine rings is 1. The number of methoxy groups -OCH3 is 1. The molecule has 150 valence electrons. The van der Waals surface area contributed by atoms with Crippen LogP contribution in [0, 0.1) is 0 Å². The predicted octanol–water partition coefficient (Wildman–Crippen LogP) is 3.75. The second-order valence-electron chi connectivity index (χ2n) is 6.99. The number of hydrogen-bond acceptors (Lipinski definition) is 5. The molecule has 0 unspecified atom stereocenters. The molecular formula is C22H29N3O3. The fourth-order valence-corrected chi connectivity index (χ4v) is 3.53. The summed E-state index contributed by atoms with van der Waals surface area (Å²) in [6.07, 6.45) is 5.08. The van der Waals surface area contributed by atoms with Crippen LogP contribution in [0.3, 0.4) is 0 Å². The van der Waals surface area contributed by atoms with Crippen molar-refractivity contribution in [3.8, 4) is 11.5 Å². The lowest BCUT2D eigenvalue weighted by Gasteiger charge is -2.27. The molecule has 2 aromatic rings. The Morgan fingerprint density at radius 3 is 2.71 bits per heavy atom. The summed E-state index contributed by atoms with van der Waals surface area (Å²) in [6, 6.07) is 9.54. The highest BCUT2D eigenvalue weighted by Gasteiger charge is 2.19. The quantitative estimate of drug-likeness (QED) is 0.729. The van der Waals surface area contributed by atoms with Crippen LogP contribution < -0.4 is 14.4 Å². The van der Waals surface area contributed by atoms with Crippen molar-refractivity contribution in [3.05, 3.63) is 47.7 Å². The number of benzene rings is 1. The fraction of sp³-hybridized carbons (Fsp3) is 0.455. The van der Waals surface area contributed by atoms with Gasteiger partial charge in [-0.05, 0) is 44.4 Å². The number of anilines is 1. The number of aromatic nitrogens is 1. The molecule has 6 nitrogen and oxygen atoms in total. The summed E-state index contributed by atoms with van der Waals surface area (Å²) >= 11 is 0. The number of amides is 1. The van der Waals surface area contributed by atoms with Crippen molar-refractivity contribution in [1.82, 2.24) is 9.88 Å². The lowest BCUT2D eigenvalue weighted by Crippen LogP contribution is -2.35. The molecule has 1 amide bonds. The van der Waals surface area contributed by atoms with Crippen molar-refractivity contribution >= 4 is 11.7 Å². The van der Waals surface area contributed by atoms with Crippen LogP contribution in [0.15, 0.2) is 36.5 Å². The van der Waals surface area contributed by atoms with Gasteiger partial charge in [0.1, 0.15) is 5.82 Å². The summed E-state index contributed by atoms with van der Waals surface area (Å²) in [5.41, 5.74) is 1.70. The number of hydrogen-bond donors (Lipinski definition) is 0. The van der Waals surface area contributed by atoms with Crippen LogP contribution >= 0.6 is 0 Å². The van der Waals surface area contributed by atoms with Gasteiger partial charge in [0, 0.05) is 44.0 Å². The molecule has 0 N–H and O–H groups in total. The van der Waals surface area contributed by atoms with Crippen molar-refractivity contribution < 1.29 is 14.3 Å². The molecule has 1 aliphatic rings. The minimum Gasteiger partial charge on any atom is -0.493 e.